The number of ether oxygens (including phenoxy) is 1. The summed E-state index contributed by atoms with van der Waals surface area (Å²) in [5, 5.41) is 2.71. The normalized spacial score (nSPS) is 15.5. The lowest BCUT2D eigenvalue weighted by molar-refractivity contribution is -0.131. The Morgan fingerprint density at radius 1 is 1.22 bits per heavy atom. The van der Waals surface area contributed by atoms with E-state index in [1.807, 2.05) is 24.0 Å². The number of amides is 2. The Balaban J connectivity index is 1.73. The predicted molar refractivity (Wildman–Crippen MR) is 89.3 cm³/mol. The third-order valence-corrected chi connectivity index (χ3v) is 4.41. The largest absolute Gasteiger partial charge is 0.385 e. The van der Waals surface area contributed by atoms with Crippen LogP contribution < -0.4 is 5.32 Å². The van der Waals surface area contributed by atoms with E-state index in [9.17, 15) is 9.59 Å². The minimum Gasteiger partial charge on any atom is -0.385 e. The molecule has 0 unspecified atom stereocenters. The highest BCUT2D eigenvalue weighted by Gasteiger charge is 2.22. The molecular weight excluding hydrogens is 292 g/mol. The molecule has 1 saturated heterocycles. The summed E-state index contributed by atoms with van der Waals surface area (Å²) in [5.41, 5.74) is 1.69. The Morgan fingerprint density at radius 2 is 1.87 bits per heavy atom. The third-order valence-electron chi connectivity index (χ3n) is 4.41. The molecule has 0 spiro atoms. The molecule has 0 radical (unpaired) electrons. The molecule has 1 heterocycles. The highest BCUT2D eigenvalue weighted by molar-refractivity contribution is 5.96. The molecule has 5 nitrogen and oxygen atoms in total. The minimum absolute atomic E-state index is 0.00402. The monoisotopic (exact) mass is 318 g/mol. The van der Waals surface area contributed by atoms with Crippen molar-refractivity contribution in [1.29, 1.82) is 0 Å². The molecular formula is C18H26N2O3. The standard InChI is InChI=1S/C18H26N2O3/c1-14-3-5-16(6-4-14)18(22)19-13-17(21)20-10-7-15(8-11-20)9-12-23-2/h3-6,15H,7-13H2,1-2H3,(H,19,22). The number of rotatable bonds is 6. The summed E-state index contributed by atoms with van der Waals surface area (Å²) in [5.74, 6) is 0.435. The molecule has 126 valence electrons. The van der Waals surface area contributed by atoms with E-state index in [-0.39, 0.29) is 18.4 Å². The van der Waals surface area contributed by atoms with Crippen LogP contribution in [0.2, 0.25) is 0 Å². The molecule has 1 aromatic rings. The lowest BCUT2D eigenvalue weighted by atomic mass is 9.94. The van der Waals surface area contributed by atoms with Gasteiger partial charge in [0.2, 0.25) is 5.91 Å². The smallest absolute Gasteiger partial charge is 0.251 e. The van der Waals surface area contributed by atoms with E-state index in [1.54, 1.807) is 19.2 Å². The number of piperidine rings is 1. The number of carbonyl (C=O) groups excluding carboxylic acids is 2. The molecule has 1 aliphatic rings. The number of hydrogen-bond acceptors (Lipinski definition) is 3. The number of hydrogen-bond donors (Lipinski definition) is 1. The Morgan fingerprint density at radius 3 is 2.48 bits per heavy atom. The van der Waals surface area contributed by atoms with Crippen molar-refractivity contribution in [3.63, 3.8) is 0 Å². The van der Waals surface area contributed by atoms with Gasteiger partial charge in [-0.05, 0) is 44.2 Å². The average Bonchev–Trinajstić information content (AvgIpc) is 2.58. The van der Waals surface area contributed by atoms with Crippen molar-refractivity contribution >= 4 is 11.8 Å². The van der Waals surface area contributed by atoms with Gasteiger partial charge in [-0.3, -0.25) is 9.59 Å². The van der Waals surface area contributed by atoms with E-state index in [4.69, 9.17) is 4.74 Å². The zero-order valence-corrected chi connectivity index (χ0v) is 14.0. The van der Waals surface area contributed by atoms with Gasteiger partial charge in [-0.25, -0.2) is 0 Å². The predicted octanol–water partition coefficient (Wildman–Crippen LogP) is 2.00. The Labute approximate surface area is 138 Å². The van der Waals surface area contributed by atoms with E-state index in [0.717, 1.165) is 44.5 Å². The molecule has 0 bridgehead atoms. The SMILES string of the molecule is COCCC1CCN(C(=O)CNC(=O)c2ccc(C)cc2)CC1. The second-order valence-corrected chi connectivity index (χ2v) is 6.15. The molecule has 0 atom stereocenters. The van der Waals surface area contributed by atoms with Gasteiger partial charge in [0, 0.05) is 32.4 Å². The fourth-order valence-electron chi connectivity index (χ4n) is 2.83. The molecule has 2 rings (SSSR count). The number of aryl methyl sites for hydroxylation is 1. The fraction of sp³-hybridized carbons (Fsp3) is 0.556. The van der Waals surface area contributed by atoms with Crippen molar-refractivity contribution in [2.75, 3.05) is 33.4 Å². The minimum atomic E-state index is -0.201. The Kier molecular flexibility index (Phi) is 6.59. The highest BCUT2D eigenvalue weighted by atomic mass is 16.5. The summed E-state index contributed by atoms with van der Waals surface area (Å²) in [7, 11) is 1.72. The van der Waals surface area contributed by atoms with Crippen molar-refractivity contribution in [2.45, 2.75) is 26.2 Å². The molecule has 1 N–H and O–H groups in total. The van der Waals surface area contributed by atoms with E-state index in [1.165, 1.54) is 0 Å². The topological polar surface area (TPSA) is 58.6 Å². The van der Waals surface area contributed by atoms with E-state index >= 15 is 0 Å². The number of benzene rings is 1. The Hall–Kier alpha value is -1.88. The van der Waals surface area contributed by atoms with Crippen LogP contribution in [-0.4, -0.2) is 50.1 Å². The van der Waals surface area contributed by atoms with Gasteiger partial charge >= 0.3 is 0 Å². The van der Waals surface area contributed by atoms with Crippen molar-refractivity contribution in [2.24, 2.45) is 5.92 Å². The maximum absolute atomic E-state index is 12.2. The lowest BCUT2D eigenvalue weighted by Gasteiger charge is -2.32. The summed E-state index contributed by atoms with van der Waals surface area (Å²) < 4.78 is 5.11. The van der Waals surface area contributed by atoms with Gasteiger partial charge in [-0.15, -0.1) is 0 Å². The number of carbonyl (C=O) groups is 2. The van der Waals surface area contributed by atoms with Gasteiger partial charge in [0.1, 0.15) is 0 Å². The number of methoxy groups -OCH3 is 1. The van der Waals surface area contributed by atoms with Crippen LogP contribution in [0.1, 0.15) is 35.2 Å². The molecule has 0 aromatic heterocycles. The van der Waals surface area contributed by atoms with Crippen LogP contribution >= 0.6 is 0 Å². The molecule has 2 amide bonds. The van der Waals surface area contributed by atoms with Crippen LogP contribution in [0.3, 0.4) is 0 Å². The number of likely N-dealkylation sites (tertiary alicyclic amines) is 1. The van der Waals surface area contributed by atoms with E-state index in [0.29, 0.717) is 11.5 Å². The van der Waals surface area contributed by atoms with Crippen LogP contribution in [-0.2, 0) is 9.53 Å². The fourth-order valence-corrected chi connectivity index (χ4v) is 2.83. The van der Waals surface area contributed by atoms with Gasteiger partial charge in [-0.2, -0.15) is 0 Å². The van der Waals surface area contributed by atoms with Crippen LogP contribution in [0.4, 0.5) is 0 Å². The maximum Gasteiger partial charge on any atom is 0.251 e. The van der Waals surface area contributed by atoms with Gasteiger partial charge < -0.3 is 15.0 Å². The van der Waals surface area contributed by atoms with Gasteiger partial charge in [0.25, 0.3) is 5.91 Å². The number of nitrogens with one attached hydrogen (secondary N) is 1. The average molecular weight is 318 g/mol. The van der Waals surface area contributed by atoms with Crippen molar-refractivity contribution < 1.29 is 14.3 Å². The summed E-state index contributed by atoms with van der Waals surface area (Å²) in [6.45, 7) is 4.36. The highest BCUT2D eigenvalue weighted by Crippen LogP contribution is 2.20. The van der Waals surface area contributed by atoms with Crippen LogP contribution in [0.15, 0.2) is 24.3 Å². The zero-order chi connectivity index (χ0) is 16.7. The number of nitrogens with zero attached hydrogens (tertiary/aromatic N) is 1. The first-order chi connectivity index (χ1) is 11.1. The van der Waals surface area contributed by atoms with E-state index in [2.05, 4.69) is 5.32 Å². The molecule has 23 heavy (non-hydrogen) atoms. The molecule has 1 aromatic carbocycles. The first kappa shape index (κ1) is 17.5. The van der Waals surface area contributed by atoms with Crippen molar-refractivity contribution in [3.8, 4) is 0 Å². The molecule has 0 saturated carbocycles. The quantitative estimate of drug-likeness (QED) is 0.873. The molecule has 1 fully saturated rings. The summed E-state index contributed by atoms with van der Waals surface area (Å²) in [6, 6.07) is 7.33. The molecule has 5 heteroatoms. The molecule has 0 aliphatic carbocycles. The summed E-state index contributed by atoms with van der Waals surface area (Å²) in [4.78, 5) is 26.1. The molecule has 1 aliphatic heterocycles. The summed E-state index contributed by atoms with van der Waals surface area (Å²) in [6.07, 6.45) is 3.09. The van der Waals surface area contributed by atoms with E-state index < -0.39 is 0 Å². The lowest BCUT2D eigenvalue weighted by Crippen LogP contribution is -2.44. The maximum atomic E-state index is 12.2. The van der Waals surface area contributed by atoms with Crippen LogP contribution in [0.25, 0.3) is 0 Å². The van der Waals surface area contributed by atoms with Crippen LogP contribution in [0.5, 0.6) is 0 Å². The van der Waals surface area contributed by atoms with Gasteiger partial charge in [0.05, 0.1) is 6.54 Å². The van der Waals surface area contributed by atoms with Gasteiger partial charge in [-0.1, -0.05) is 17.7 Å². The Bertz CT molecular complexity index is 520. The first-order valence-corrected chi connectivity index (χ1v) is 8.21. The second-order valence-electron chi connectivity index (χ2n) is 6.15. The van der Waals surface area contributed by atoms with Crippen molar-refractivity contribution in [1.82, 2.24) is 10.2 Å². The van der Waals surface area contributed by atoms with Gasteiger partial charge in [0.15, 0.2) is 0 Å². The van der Waals surface area contributed by atoms with Crippen molar-refractivity contribution in [3.05, 3.63) is 35.4 Å². The zero-order valence-electron chi connectivity index (χ0n) is 14.0. The first-order valence-electron chi connectivity index (χ1n) is 8.21. The van der Waals surface area contributed by atoms with Crippen LogP contribution in [0, 0.1) is 12.8 Å². The summed E-state index contributed by atoms with van der Waals surface area (Å²) >= 11 is 0. The third kappa shape index (κ3) is 5.36. The second kappa shape index (κ2) is 8.67.